The van der Waals surface area contributed by atoms with Gasteiger partial charge in [0.1, 0.15) is 5.75 Å². The van der Waals surface area contributed by atoms with E-state index in [-0.39, 0.29) is 5.91 Å². The van der Waals surface area contributed by atoms with Crippen LogP contribution in [0.3, 0.4) is 0 Å². The van der Waals surface area contributed by atoms with Crippen molar-refractivity contribution in [3.63, 3.8) is 0 Å². The minimum absolute atomic E-state index is 0.0969. The number of amides is 1. The number of carbonyl (C=O) groups is 1. The minimum Gasteiger partial charge on any atom is -0.493 e. The molecule has 0 fully saturated rings. The summed E-state index contributed by atoms with van der Waals surface area (Å²) in [5.74, 6) is 1.19. The monoisotopic (exact) mass is 233 g/mol. The third-order valence-electron chi connectivity index (χ3n) is 2.11. The van der Waals surface area contributed by atoms with E-state index in [1.54, 1.807) is 18.2 Å². The second-order valence-corrected chi connectivity index (χ2v) is 4.23. The van der Waals surface area contributed by atoms with Crippen molar-refractivity contribution in [1.82, 2.24) is 5.32 Å². The molecule has 1 amide bonds. The number of hydrogen-bond acceptors (Lipinski definition) is 2. The van der Waals surface area contributed by atoms with E-state index >= 15 is 0 Å². The van der Waals surface area contributed by atoms with Crippen LogP contribution in [-0.4, -0.2) is 19.1 Å². The molecule has 1 N–H and O–H groups in total. The molecular weight excluding hydrogens is 214 g/mol. The molecule has 0 radical (unpaired) electrons. The third-order valence-corrected chi connectivity index (χ3v) is 2.11. The maximum absolute atomic E-state index is 11.6. The normalized spacial score (nSPS) is 10.1. The standard InChI is InChI=1S/C14H19NO2/c1-4-9-15-14(16)12-5-7-13(8-6-12)17-10-11(2)3/h4-8,11H,1,9-10H2,2-3H3,(H,15,16). The van der Waals surface area contributed by atoms with Crippen molar-refractivity contribution in [2.45, 2.75) is 13.8 Å². The molecule has 3 heteroatoms. The summed E-state index contributed by atoms with van der Waals surface area (Å²) in [4.78, 5) is 11.6. The lowest BCUT2D eigenvalue weighted by Gasteiger charge is -2.09. The Labute approximate surface area is 102 Å². The highest BCUT2D eigenvalue weighted by molar-refractivity contribution is 5.94. The Balaban J connectivity index is 2.55. The van der Waals surface area contributed by atoms with Crippen LogP contribution in [-0.2, 0) is 0 Å². The summed E-state index contributed by atoms with van der Waals surface area (Å²) in [6, 6.07) is 7.14. The van der Waals surface area contributed by atoms with Crippen molar-refractivity contribution in [2.24, 2.45) is 5.92 Å². The zero-order valence-electron chi connectivity index (χ0n) is 10.4. The van der Waals surface area contributed by atoms with Gasteiger partial charge in [-0.1, -0.05) is 19.9 Å². The Hall–Kier alpha value is -1.77. The quantitative estimate of drug-likeness (QED) is 0.767. The van der Waals surface area contributed by atoms with Crippen LogP contribution in [0.2, 0.25) is 0 Å². The van der Waals surface area contributed by atoms with Gasteiger partial charge < -0.3 is 10.1 Å². The van der Waals surface area contributed by atoms with Gasteiger partial charge >= 0.3 is 0 Å². The fourth-order valence-corrected chi connectivity index (χ4v) is 1.23. The second kappa shape index (κ2) is 6.74. The molecule has 0 aromatic heterocycles. The van der Waals surface area contributed by atoms with Crippen LogP contribution in [0.25, 0.3) is 0 Å². The zero-order chi connectivity index (χ0) is 12.7. The van der Waals surface area contributed by atoms with Crippen LogP contribution >= 0.6 is 0 Å². The van der Waals surface area contributed by atoms with E-state index in [0.717, 1.165) is 5.75 Å². The first kappa shape index (κ1) is 13.3. The van der Waals surface area contributed by atoms with Gasteiger partial charge in [0.25, 0.3) is 5.91 Å². The topological polar surface area (TPSA) is 38.3 Å². The van der Waals surface area contributed by atoms with E-state index in [4.69, 9.17) is 4.74 Å². The van der Waals surface area contributed by atoms with Crippen LogP contribution in [0.1, 0.15) is 24.2 Å². The third kappa shape index (κ3) is 4.72. The Kier molecular flexibility index (Phi) is 5.27. The molecule has 0 aliphatic heterocycles. The molecule has 0 saturated carbocycles. The SMILES string of the molecule is C=CCNC(=O)c1ccc(OCC(C)C)cc1. The molecule has 1 aromatic rings. The first-order chi connectivity index (χ1) is 8.13. The summed E-state index contributed by atoms with van der Waals surface area (Å²) < 4.78 is 5.54. The first-order valence-electron chi connectivity index (χ1n) is 5.75. The zero-order valence-corrected chi connectivity index (χ0v) is 10.4. The van der Waals surface area contributed by atoms with Crippen LogP contribution in [0.5, 0.6) is 5.75 Å². The molecule has 0 saturated heterocycles. The van der Waals surface area contributed by atoms with E-state index in [9.17, 15) is 4.79 Å². The average molecular weight is 233 g/mol. The van der Waals surface area contributed by atoms with Crippen molar-refractivity contribution < 1.29 is 9.53 Å². The summed E-state index contributed by atoms with van der Waals surface area (Å²) in [7, 11) is 0. The number of ether oxygens (including phenoxy) is 1. The Morgan fingerprint density at radius 3 is 2.59 bits per heavy atom. The van der Waals surface area contributed by atoms with Gasteiger partial charge in [-0.05, 0) is 30.2 Å². The van der Waals surface area contributed by atoms with E-state index in [2.05, 4.69) is 25.7 Å². The number of nitrogens with one attached hydrogen (secondary N) is 1. The molecule has 0 bridgehead atoms. The van der Waals surface area contributed by atoms with Crippen molar-refractivity contribution in [1.29, 1.82) is 0 Å². The summed E-state index contributed by atoms with van der Waals surface area (Å²) in [6.45, 7) is 8.89. The summed E-state index contributed by atoms with van der Waals surface area (Å²) in [5.41, 5.74) is 0.628. The lowest BCUT2D eigenvalue weighted by molar-refractivity contribution is 0.0958. The van der Waals surface area contributed by atoms with Gasteiger partial charge in [0, 0.05) is 12.1 Å². The van der Waals surface area contributed by atoms with Crippen LogP contribution < -0.4 is 10.1 Å². The highest BCUT2D eigenvalue weighted by Crippen LogP contribution is 2.13. The molecule has 0 unspecified atom stereocenters. The van der Waals surface area contributed by atoms with Crippen LogP contribution in [0.4, 0.5) is 0 Å². The number of hydrogen-bond donors (Lipinski definition) is 1. The maximum atomic E-state index is 11.6. The largest absolute Gasteiger partial charge is 0.493 e. The van der Waals surface area contributed by atoms with Crippen molar-refractivity contribution >= 4 is 5.91 Å². The first-order valence-corrected chi connectivity index (χ1v) is 5.75. The predicted octanol–water partition coefficient (Wildman–Crippen LogP) is 2.64. The van der Waals surface area contributed by atoms with Crippen LogP contribution in [0.15, 0.2) is 36.9 Å². The maximum Gasteiger partial charge on any atom is 0.251 e. The van der Waals surface area contributed by atoms with Crippen molar-refractivity contribution in [3.05, 3.63) is 42.5 Å². The smallest absolute Gasteiger partial charge is 0.251 e. The fraction of sp³-hybridized carbons (Fsp3) is 0.357. The van der Waals surface area contributed by atoms with E-state index in [1.165, 1.54) is 0 Å². The Morgan fingerprint density at radius 1 is 1.41 bits per heavy atom. The molecule has 0 aliphatic rings. The average Bonchev–Trinajstić information content (AvgIpc) is 2.34. The Morgan fingerprint density at radius 2 is 2.06 bits per heavy atom. The highest BCUT2D eigenvalue weighted by atomic mass is 16.5. The molecule has 92 valence electrons. The summed E-state index contributed by atoms with van der Waals surface area (Å²) in [5, 5.41) is 2.72. The van der Waals surface area contributed by atoms with Gasteiger partial charge in [0.15, 0.2) is 0 Å². The molecule has 1 rings (SSSR count). The predicted molar refractivity (Wildman–Crippen MR) is 69.3 cm³/mol. The molecule has 1 aromatic carbocycles. The molecule has 0 spiro atoms. The van der Waals surface area contributed by atoms with Crippen LogP contribution in [0, 0.1) is 5.92 Å². The van der Waals surface area contributed by atoms with Crippen molar-refractivity contribution in [2.75, 3.05) is 13.2 Å². The van der Waals surface area contributed by atoms with E-state index in [0.29, 0.717) is 24.6 Å². The number of benzene rings is 1. The summed E-state index contributed by atoms with van der Waals surface area (Å²) in [6.07, 6.45) is 1.65. The summed E-state index contributed by atoms with van der Waals surface area (Å²) >= 11 is 0. The minimum atomic E-state index is -0.0969. The molecule has 0 heterocycles. The molecule has 0 aliphatic carbocycles. The van der Waals surface area contributed by atoms with Gasteiger partial charge in [0.2, 0.25) is 0 Å². The Bertz CT molecular complexity index is 368. The van der Waals surface area contributed by atoms with E-state index < -0.39 is 0 Å². The lowest BCUT2D eigenvalue weighted by Crippen LogP contribution is -2.22. The van der Waals surface area contributed by atoms with E-state index in [1.807, 2.05) is 12.1 Å². The van der Waals surface area contributed by atoms with Gasteiger partial charge in [-0.3, -0.25) is 4.79 Å². The van der Waals surface area contributed by atoms with Crippen molar-refractivity contribution in [3.8, 4) is 5.75 Å². The van der Waals surface area contributed by atoms with Gasteiger partial charge in [-0.2, -0.15) is 0 Å². The van der Waals surface area contributed by atoms with Gasteiger partial charge in [-0.25, -0.2) is 0 Å². The number of rotatable bonds is 6. The molecule has 17 heavy (non-hydrogen) atoms. The van der Waals surface area contributed by atoms with Gasteiger partial charge in [0.05, 0.1) is 6.61 Å². The molecule has 0 atom stereocenters. The molecular formula is C14H19NO2. The number of carbonyl (C=O) groups excluding carboxylic acids is 1. The molecule has 3 nitrogen and oxygen atoms in total. The second-order valence-electron chi connectivity index (χ2n) is 4.23. The fourth-order valence-electron chi connectivity index (χ4n) is 1.23. The lowest BCUT2D eigenvalue weighted by atomic mass is 10.2. The highest BCUT2D eigenvalue weighted by Gasteiger charge is 2.04. The van der Waals surface area contributed by atoms with Gasteiger partial charge in [-0.15, -0.1) is 6.58 Å².